The van der Waals surface area contributed by atoms with Crippen molar-refractivity contribution in [3.63, 3.8) is 0 Å². The number of esters is 1. The Hall–Kier alpha value is -1.06. The Bertz CT molecular complexity index is 953. The molecule has 0 aromatic heterocycles. The lowest BCUT2D eigenvalue weighted by Gasteiger charge is -2.72. The maximum atomic E-state index is 13.4. The van der Waals surface area contributed by atoms with E-state index < -0.39 is 0 Å². The highest BCUT2D eigenvalue weighted by atomic mass is 16.6. The number of rotatable bonds is 0. The third-order valence-corrected chi connectivity index (χ3v) is 14.0. The van der Waals surface area contributed by atoms with Gasteiger partial charge in [0.2, 0.25) is 0 Å². The summed E-state index contributed by atoms with van der Waals surface area (Å²) >= 11 is 0. The Morgan fingerprint density at radius 3 is 2.24 bits per heavy atom. The van der Waals surface area contributed by atoms with Crippen molar-refractivity contribution in [3.8, 4) is 0 Å². The molecular formula is C30H47NO3. The summed E-state index contributed by atoms with van der Waals surface area (Å²) in [6.07, 6.45) is 11.5. The van der Waals surface area contributed by atoms with E-state index in [9.17, 15) is 10.0 Å². The summed E-state index contributed by atoms with van der Waals surface area (Å²) in [6, 6.07) is 0. The lowest BCUT2D eigenvalue weighted by Crippen LogP contribution is -2.67. The topological polar surface area (TPSA) is 58.9 Å². The molecule has 0 amide bonds. The number of carbonyl (C=O) groups is 1. The molecular weight excluding hydrogens is 422 g/mol. The van der Waals surface area contributed by atoms with Crippen molar-refractivity contribution in [1.82, 2.24) is 0 Å². The second kappa shape index (κ2) is 6.62. The average molecular weight is 470 g/mol. The minimum Gasteiger partial charge on any atom is -0.461 e. The van der Waals surface area contributed by atoms with E-state index in [4.69, 9.17) is 4.74 Å². The first-order valence-electron chi connectivity index (χ1n) is 14.2. The first kappa shape index (κ1) is 23.3. The Morgan fingerprint density at radius 2 is 1.53 bits per heavy atom. The smallest absolute Gasteiger partial charge is 0.312 e. The molecule has 5 saturated carbocycles. The zero-order valence-electron chi connectivity index (χ0n) is 22.7. The normalized spacial score (nSPS) is 56.0. The van der Waals surface area contributed by atoms with Crippen molar-refractivity contribution >= 4 is 11.7 Å². The molecule has 6 fully saturated rings. The van der Waals surface area contributed by atoms with Gasteiger partial charge in [-0.3, -0.25) is 4.79 Å². The van der Waals surface area contributed by atoms with Gasteiger partial charge in [-0.05, 0) is 98.2 Å². The van der Waals surface area contributed by atoms with Gasteiger partial charge in [-0.25, -0.2) is 0 Å². The zero-order chi connectivity index (χ0) is 24.5. The van der Waals surface area contributed by atoms with Crippen molar-refractivity contribution in [3.05, 3.63) is 0 Å². The molecule has 9 atom stereocenters. The van der Waals surface area contributed by atoms with Crippen LogP contribution in [-0.4, -0.2) is 23.0 Å². The first-order valence-corrected chi connectivity index (χ1v) is 14.2. The van der Waals surface area contributed by atoms with Crippen LogP contribution in [0, 0.1) is 56.2 Å². The summed E-state index contributed by atoms with van der Waals surface area (Å²) in [6.45, 7) is 17.2. The molecule has 0 spiro atoms. The molecule has 4 nitrogen and oxygen atoms in total. The first-order chi connectivity index (χ1) is 15.8. The third kappa shape index (κ3) is 2.43. The number of fused-ring (bicyclic) bond motifs is 5. The molecule has 1 N–H and O–H groups in total. The number of hydrogen-bond acceptors (Lipinski definition) is 4. The van der Waals surface area contributed by atoms with Crippen LogP contribution in [0.1, 0.15) is 113 Å². The van der Waals surface area contributed by atoms with Crippen molar-refractivity contribution in [2.24, 2.45) is 61.3 Å². The summed E-state index contributed by atoms with van der Waals surface area (Å²) < 4.78 is 6.28. The van der Waals surface area contributed by atoms with Gasteiger partial charge in [0.25, 0.3) is 0 Å². The zero-order valence-corrected chi connectivity index (χ0v) is 22.7. The predicted molar refractivity (Wildman–Crippen MR) is 134 cm³/mol. The minimum atomic E-state index is -0.200. The molecule has 6 rings (SSSR count). The van der Waals surface area contributed by atoms with Crippen molar-refractivity contribution in [1.29, 1.82) is 0 Å². The van der Waals surface area contributed by atoms with E-state index in [2.05, 4.69) is 53.6 Å². The molecule has 1 saturated heterocycles. The van der Waals surface area contributed by atoms with Crippen LogP contribution in [0.2, 0.25) is 0 Å². The van der Waals surface area contributed by atoms with Gasteiger partial charge in [-0.2, -0.15) is 0 Å². The summed E-state index contributed by atoms with van der Waals surface area (Å²) in [5.74, 6) is 2.40. The molecule has 5 aliphatic carbocycles. The molecule has 0 aromatic carbocycles. The van der Waals surface area contributed by atoms with Gasteiger partial charge in [0.15, 0.2) is 0 Å². The van der Waals surface area contributed by atoms with E-state index in [1.807, 2.05) is 0 Å². The van der Waals surface area contributed by atoms with Gasteiger partial charge < -0.3 is 9.94 Å². The van der Waals surface area contributed by atoms with E-state index in [1.54, 1.807) is 0 Å². The standard InChI is InChI=1S/C30H47NO3/c1-25(2)14-16-30-17-15-28(6)18(22(30)23(25)34-24(30)32)8-9-20-27(5)12-11-21(31-33)26(3,4)19(27)10-13-29(20,28)7/h18-20,22-23,33H,8-17H2,1-7H3/b31-21+/t18-,19-,20-,22-,23+,27+,28-,29-,30-/m1/s1. The summed E-state index contributed by atoms with van der Waals surface area (Å²) in [5.41, 5.74) is 1.69. The minimum absolute atomic E-state index is 0.0375. The number of hydrogen-bond donors (Lipinski definition) is 1. The maximum Gasteiger partial charge on any atom is 0.312 e. The van der Waals surface area contributed by atoms with Crippen molar-refractivity contribution in [2.75, 3.05) is 0 Å². The predicted octanol–water partition coefficient (Wildman–Crippen LogP) is 7.23. The number of oxime groups is 1. The van der Waals surface area contributed by atoms with Crippen LogP contribution in [0.15, 0.2) is 5.16 Å². The van der Waals surface area contributed by atoms with Gasteiger partial charge in [-0.1, -0.05) is 53.6 Å². The molecule has 0 unspecified atom stereocenters. The highest BCUT2D eigenvalue weighted by Gasteiger charge is 2.75. The van der Waals surface area contributed by atoms with Crippen LogP contribution in [0.25, 0.3) is 0 Å². The monoisotopic (exact) mass is 469 g/mol. The molecule has 1 heterocycles. The SMILES string of the molecule is CC1(C)CC[C@@]23CC[C@]4(C)[C@H](CC[C@@H]5[C@@]6(C)CC/C(=N\O)C(C)(C)[C@H]6CC[C@]54C)[C@@H]2[C@@H]1OC3=O. The van der Waals surface area contributed by atoms with Gasteiger partial charge in [0, 0.05) is 16.7 Å². The highest BCUT2D eigenvalue weighted by Crippen LogP contribution is 2.78. The lowest BCUT2D eigenvalue weighted by molar-refractivity contribution is -0.235. The van der Waals surface area contributed by atoms with E-state index in [0.717, 1.165) is 37.8 Å². The maximum absolute atomic E-state index is 13.4. The average Bonchev–Trinajstić information content (AvgIpc) is 3.01. The van der Waals surface area contributed by atoms with Crippen LogP contribution in [-0.2, 0) is 9.53 Å². The van der Waals surface area contributed by atoms with Crippen LogP contribution in [0.4, 0.5) is 0 Å². The molecule has 1 aliphatic heterocycles. The fourth-order valence-electron chi connectivity index (χ4n) is 11.8. The fraction of sp³-hybridized carbons (Fsp3) is 0.933. The molecule has 6 aliphatic rings. The third-order valence-electron chi connectivity index (χ3n) is 14.0. The molecule has 2 bridgehead atoms. The highest BCUT2D eigenvalue weighted by molar-refractivity contribution is 5.90. The van der Waals surface area contributed by atoms with E-state index >= 15 is 0 Å². The summed E-state index contributed by atoms with van der Waals surface area (Å²) in [4.78, 5) is 13.4. The van der Waals surface area contributed by atoms with Gasteiger partial charge in [0.05, 0.1) is 11.1 Å². The van der Waals surface area contributed by atoms with E-state index in [1.165, 1.54) is 32.1 Å². The largest absolute Gasteiger partial charge is 0.461 e. The second-order valence-corrected chi connectivity index (χ2v) is 15.4. The molecule has 0 aromatic rings. The van der Waals surface area contributed by atoms with Crippen LogP contribution in [0.5, 0.6) is 0 Å². The number of carbonyl (C=O) groups excluding carboxylic acids is 1. The molecule has 4 heteroatoms. The lowest BCUT2D eigenvalue weighted by atomic mass is 9.31. The fourth-order valence-corrected chi connectivity index (χ4v) is 11.8. The van der Waals surface area contributed by atoms with Gasteiger partial charge >= 0.3 is 5.97 Å². The Morgan fingerprint density at radius 1 is 0.824 bits per heavy atom. The number of ether oxygens (including phenoxy) is 1. The van der Waals surface area contributed by atoms with Gasteiger partial charge in [-0.15, -0.1) is 0 Å². The quantitative estimate of drug-likeness (QED) is 0.231. The van der Waals surface area contributed by atoms with Gasteiger partial charge in [0.1, 0.15) is 6.10 Å². The second-order valence-electron chi connectivity index (χ2n) is 15.4. The van der Waals surface area contributed by atoms with Crippen molar-refractivity contribution in [2.45, 2.75) is 119 Å². The molecule has 0 radical (unpaired) electrons. The summed E-state index contributed by atoms with van der Waals surface area (Å²) in [7, 11) is 0. The Labute approximate surface area is 206 Å². The number of nitrogens with zero attached hydrogens (tertiary/aromatic N) is 1. The van der Waals surface area contributed by atoms with Crippen molar-refractivity contribution < 1.29 is 14.7 Å². The summed E-state index contributed by atoms with van der Waals surface area (Å²) in [5, 5.41) is 13.5. The van der Waals surface area contributed by atoms with Crippen LogP contribution >= 0.6 is 0 Å². The molecule has 34 heavy (non-hydrogen) atoms. The Kier molecular flexibility index (Phi) is 4.55. The molecule has 190 valence electrons. The van der Waals surface area contributed by atoms with Crippen LogP contribution < -0.4 is 0 Å². The van der Waals surface area contributed by atoms with E-state index in [-0.39, 0.29) is 44.6 Å². The van der Waals surface area contributed by atoms with E-state index in [0.29, 0.717) is 23.7 Å². The Balaban J connectivity index is 1.41. The van der Waals surface area contributed by atoms with Crippen LogP contribution in [0.3, 0.4) is 0 Å².